The van der Waals surface area contributed by atoms with Gasteiger partial charge < -0.3 is 10.4 Å². The van der Waals surface area contributed by atoms with Crippen molar-refractivity contribution in [1.82, 2.24) is 28.9 Å². The first-order chi connectivity index (χ1) is 16.3. The largest absolute Gasteiger partial charge is 0.390 e. The monoisotopic (exact) mass is 457 g/mol. The van der Waals surface area contributed by atoms with E-state index in [1.165, 1.54) is 0 Å². The third kappa shape index (κ3) is 3.28. The number of aliphatic hydroxyl groups is 1. The van der Waals surface area contributed by atoms with E-state index in [1.54, 1.807) is 35.6 Å². The number of rotatable bonds is 5. The number of fused-ring (bicyclic) bond motifs is 3. The summed E-state index contributed by atoms with van der Waals surface area (Å²) in [4.78, 5) is 22.4. The Kier molecular flexibility index (Phi) is 5.21. The van der Waals surface area contributed by atoms with Crippen molar-refractivity contribution in [2.75, 3.05) is 12.4 Å². The highest BCUT2D eigenvalue weighted by Crippen LogP contribution is 2.31. The Hall–Kier alpha value is -3.98. The van der Waals surface area contributed by atoms with Crippen molar-refractivity contribution < 1.29 is 5.11 Å². The van der Waals surface area contributed by atoms with Gasteiger partial charge in [0, 0.05) is 43.5 Å². The Labute approximate surface area is 196 Å². The lowest BCUT2D eigenvalue weighted by atomic mass is 10.0. The van der Waals surface area contributed by atoms with Crippen LogP contribution in [-0.2, 0) is 13.7 Å². The molecule has 0 amide bonds. The Morgan fingerprint density at radius 2 is 1.91 bits per heavy atom. The molecule has 2 N–H and O–H groups in total. The van der Waals surface area contributed by atoms with Gasteiger partial charge in [0.1, 0.15) is 0 Å². The first-order valence-corrected chi connectivity index (χ1v) is 11.2. The molecule has 5 aromatic rings. The maximum Gasteiger partial charge on any atom is 0.333 e. The van der Waals surface area contributed by atoms with Gasteiger partial charge in [0.15, 0.2) is 0 Å². The Balaban J connectivity index is 1.81. The van der Waals surface area contributed by atoms with Crippen LogP contribution in [0.15, 0.2) is 47.7 Å². The van der Waals surface area contributed by atoms with Gasteiger partial charge in [-0.05, 0) is 44.5 Å². The van der Waals surface area contributed by atoms with Crippen LogP contribution in [0, 0.1) is 6.92 Å². The van der Waals surface area contributed by atoms with Gasteiger partial charge >= 0.3 is 5.69 Å². The number of benzene rings is 1. The number of nitrogens with zero attached hydrogens (tertiary/aromatic N) is 6. The lowest BCUT2D eigenvalue weighted by Gasteiger charge is -2.10. The highest BCUT2D eigenvalue weighted by Gasteiger charge is 2.20. The first kappa shape index (κ1) is 21.8. The molecule has 34 heavy (non-hydrogen) atoms. The number of hydrogen-bond donors (Lipinski definition) is 2. The molecule has 5 rings (SSSR count). The van der Waals surface area contributed by atoms with E-state index < -0.39 is 0 Å². The van der Waals surface area contributed by atoms with Crippen molar-refractivity contribution in [3.63, 3.8) is 0 Å². The summed E-state index contributed by atoms with van der Waals surface area (Å²) in [6.45, 7) is 5.90. The maximum absolute atomic E-state index is 13.4. The van der Waals surface area contributed by atoms with Crippen molar-refractivity contribution in [3.05, 3.63) is 64.7 Å². The molecule has 4 heterocycles. The van der Waals surface area contributed by atoms with Crippen molar-refractivity contribution >= 4 is 27.6 Å². The minimum absolute atomic E-state index is 0.140. The summed E-state index contributed by atoms with van der Waals surface area (Å²) in [5.41, 5.74) is 6.92. The van der Waals surface area contributed by atoms with Crippen LogP contribution in [-0.4, -0.2) is 41.0 Å². The van der Waals surface area contributed by atoms with Gasteiger partial charge in [-0.2, -0.15) is 5.10 Å². The molecule has 0 saturated carbocycles. The van der Waals surface area contributed by atoms with Crippen LogP contribution in [0.4, 0.5) is 5.69 Å². The molecule has 0 radical (unpaired) electrons. The fourth-order valence-electron chi connectivity index (χ4n) is 4.35. The van der Waals surface area contributed by atoms with E-state index in [-0.39, 0.29) is 18.3 Å². The number of nitrogens with one attached hydrogen (secondary N) is 1. The molecule has 0 bridgehead atoms. The molecule has 1 aromatic carbocycles. The third-order valence-corrected chi connectivity index (χ3v) is 6.27. The second-order valence-corrected chi connectivity index (χ2v) is 8.70. The van der Waals surface area contributed by atoms with Gasteiger partial charge in [-0.3, -0.25) is 23.8 Å². The topological polar surface area (TPSA) is 103 Å². The van der Waals surface area contributed by atoms with Gasteiger partial charge in [0.2, 0.25) is 0 Å². The van der Waals surface area contributed by atoms with Crippen LogP contribution < -0.4 is 11.0 Å². The minimum Gasteiger partial charge on any atom is -0.390 e. The van der Waals surface area contributed by atoms with Crippen molar-refractivity contribution in [2.24, 2.45) is 7.05 Å². The van der Waals surface area contributed by atoms with Gasteiger partial charge in [-0.15, -0.1) is 0 Å². The second kappa shape index (κ2) is 8.11. The number of hydrogen-bond acceptors (Lipinski definition) is 6. The molecule has 0 unspecified atom stereocenters. The van der Waals surface area contributed by atoms with E-state index in [1.807, 2.05) is 42.1 Å². The molecule has 9 heteroatoms. The van der Waals surface area contributed by atoms with Crippen molar-refractivity contribution in [2.45, 2.75) is 33.4 Å². The summed E-state index contributed by atoms with van der Waals surface area (Å²) in [7, 11) is 3.56. The molecular weight excluding hydrogens is 430 g/mol. The molecule has 0 aliphatic heterocycles. The maximum atomic E-state index is 13.4. The number of aromatic nitrogens is 6. The second-order valence-electron chi connectivity index (χ2n) is 8.70. The standard InChI is InChI=1S/C25H27N7O2/c1-14(2)31-12-23(15(3)29-31)32-24-18-8-16(17-9-20(26-4)21(13-33)27-10-17)6-7-19(18)28-11-22(24)30(5)25(32)34/h6-12,14,26,33H,13H2,1-5H3. The molecule has 0 fully saturated rings. The van der Waals surface area contributed by atoms with Crippen LogP contribution in [0.2, 0.25) is 0 Å². The summed E-state index contributed by atoms with van der Waals surface area (Å²) in [6.07, 6.45) is 5.41. The first-order valence-electron chi connectivity index (χ1n) is 11.2. The molecule has 174 valence electrons. The normalized spacial score (nSPS) is 11.7. The zero-order chi connectivity index (χ0) is 24.1. The van der Waals surface area contributed by atoms with Gasteiger partial charge in [0.25, 0.3) is 0 Å². The molecule has 0 aliphatic carbocycles. The third-order valence-electron chi connectivity index (χ3n) is 6.27. The Morgan fingerprint density at radius 3 is 2.59 bits per heavy atom. The highest BCUT2D eigenvalue weighted by molar-refractivity contribution is 6.04. The highest BCUT2D eigenvalue weighted by atomic mass is 16.3. The molecule has 4 aromatic heterocycles. The molecule has 0 atom stereocenters. The van der Waals surface area contributed by atoms with Crippen LogP contribution in [0.5, 0.6) is 0 Å². The molecule has 0 spiro atoms. The number of aliphatic hydroxyl groups excluding tert-OH is 1. The van der Waals surface area contributed by atoms with Crippen LogP contribution in [0.1, 0.15) is 31.3 Å². The molecular formula is C25H27N7O2. The summed E-state index contributed by atoms with van der Waals surface area (Å²) in [5, 5.41) is 18.1. The molecule has 9 nitrogen and oxygen atoms in total. The average Bonchev–Trinajstić information content (AvgIpc) is 3.35. The van der Waals surface area contributed by atoms with Gasteiger partial charge in [-0.1, -0.05) is 6.07 Å². The smallest absolute Gasteiger partial charge is 0.333 e. The summed E-state index contributed by atoms with van der Waals surface area (Å²) >= 11 is 0. The van der Waals surface area contributed by atoms with E-state index >= 15 is 0 Å². The van der Waals surface area contributed by atoms with E-state index in [9.17, 15) is 9.90 Å². The van der Waals surface area contributed by atoms with Crippen molar-refractivity contribution in [3.8, 4) is 16.8 Å². The average molecular weight is 458 g/mol. The Morgan fingerprint density at radius 1 is 1.12 bits per heavy atom. The summed E-state index contributed by atoms with van der Waals surface area (Å²) in [6, 6.07) is 8.12. The number of aryl methyl sites for hydroxylation is 2. The van der Waals surface area contributed by atoms with E-state index in [2.05, 4.69) is 34.2 Å². The summed E-state index contributed by atoms with van der Waals surface area (Å²) < 4.78 is 5.23. The predicted molar refractivity (Wildman–Crippen MR) is 133 cm³/mol. The predicted octanol–water partition coefficient (Wildman–Crippen LogP) is 3.56. The SMILES string of the molecule is CNc1cc(-c2ccc3ncc4c(c3c2)n(-c2cn(C(C)C)nc2C)c(=O)n4C)cnc1CO. The van der Waals surface area contributed by atoms with Crippen LogP contribution >= 0.6 is 0 Å². The number of pyridine rings is 2. The van der Waals surface area contributed by atoms with E-state index in [0.29, 0.717) is 5.69 Å². The Bertz CT molecular complexity index is 1610. The number of imidazole rings is 1. The number of anilines is 1. The zero-order valence-corrected chi connectivity index (χ0v) is 19.9. The minimum atomic E-state index is -0.146. The van der Waals surface area contributed by atoms with E-state index in [0.717, 1.165) is 50.1 Å². The van der Waals surface area contributed by atoms with E-state index in [4.69, 9.17) is 0 Å². The van der Waals surface area contributed by atoms with Gasteiger partial charge in [-0.25, -0.2) is 4.79 Å². The fraction of sp³-hybridized carbons (Fsp3) is 0.280. The lowest BCUT2D eigenvalue weighted by molar-refractivity contribution is 0.277. The molecule has 0 aliphatic rings. The van der Waals surface area contributed by atoms with Gasteiger partial charge in [0.05, 0.1) is 52.1 Å². The lowest BCUT2D eigenvalue weighted by Crippen LogP contribution is -2.21. The van der Waals surface area contributed by atoms with Crippen LogP contribution in [0.25, 0.3) is 38.8 Å². The van der Waals surface area contributed by atoms with Crippen molar-refractivity contribution in [1.29, 1.82) is 0 Å². The molecule has 0 saturated heterocycles. The fourth-order valence-corrected chi connectivity index (χ4v) is 4.35. The van der Waals surface area contributed by atoms with Crippen LogP contribution in [0.3, 0.4) is 0 Å². The summed E-state index contributed by atoms with van der Waals surface area (Å²) in [5.74, 6) is 0. The zero-order valence-electron chi connectivity index (χ0n) is 19.9. The quantitative estimate of drug-likeness (QED) is 0.418.